The minimum atomic E-state index is -1.82. The molecule has 0 aromatic heterocycles. The van der Waals surface area contributed by atoms with Gasteiger partial charge >= 0.3 is 59.7 Å². The number of carboxylic acids is 10. The molecule has 0 aliphatic heterocycles. The van der Waals surface area contributed by atoms with Crippen LogP contribution in [0.15, 0.2) is 0 Å². The predicted octanol–water partition coefficient (Wildman–Crippen LogP) is -4.23. The van der Waals surface area contributed by atoms with Gasteiger partial charge in [-0.15, -0.1) is 0 Å². The Balaban J connectivity index is -0.0000000481. The Labute approximate surface area is 203 Å². The van der Waals surface area contributed by atoms with Gasteiger partial charge in [0.15, 0.2) is 0 Å². The van der Waals surface area contributed by atoms with Crippen molar-refractivity contribution in [3.05, 3.63) is 0 Å². The van der Waals surface area contributed by atoms with Gasteiger partial charge in [0.1, 0.15) is 0 Å². The molecule has 20 nitrogen and oxygen atoms in total. The first kappa shape index (κ1) is 46.4. The van der Waals surface area contributed by atoms with Crippen LogP contribution in [-0.2, 0) is 92.7 Å². The third-order valence-corrected chi connectivity index (χ3v) is 0.915. The van der Waals surface area contributed by atoms with E-state index in [0.29, 0.717) is 0 Å². The maximum atomic E-state index is 9.10. The van der Waals surface area contributed by atoms with E-state index in [4.69, 9.17) is 99.0 Å². The summed E-state index contributed by atoms with van der Waals surface area (Å²) in [5.41, 5.74) is 0. The third kappa shape index (κ3) is 63.4. The van der Waals surface area contributed by atoms with E-state index in [1.165, 1.54) is 0 Å². The Hall–Kier alpha value is -3.82. The Morgan fingerprint density at radius 2 is 0.281 bits per heavy atom. The fraction of sp³-hybridized carbons (Fsp3) is 0. The van der Waals surface area contributed by atoms with E-state index in [-0.39, 0.29) is 44.8 Å². The number of carboxylic acid groups (broad SMARTS) is 10. The maximum Gasteiger partial charge on any atom is 0.414 e. The summed E-state index contributed by atoms with van der Waals surface area (Å²) < 4.78 is 0. The Morgan fingerprint density at radius 1 is 0.250 bits per heavy atom. The molecule has 22 heteroatoms. The van der Waals surface area contributed by atoms with E-state index >= 15 is 0 Å². The maximum absolute atomic E-state index is 9.10. The minimum Gasteiger partial charge on any atom is -0.473 e. The van der Waals surface area contributed by atoms with Crippen LogP contribution in [0.5, 0.6) is 0 Å². The van der Waals surface area contributed by atoms with Crippen molar-refractivity contribution >= 4 is 59.7 Å². The van der Waals surface area contributed by atoms with Gasteiger partial charge in [-0.05, 0) is 0 Å². The van der Waals surface area contributed by atoms with Crippen molar-refractivity contribution in [3.8, 4) is 0 Å². The summed E-state index contributed by atoms with van der Waals surface area (Å²) >= 11 is 0. The number of carbonyl (C=O) groups is 10. The van der Waals surface area contributed by atoms with Crippen LogP contribution in [0.4, 0.5) is 0 Å². The molecular weight excluding hydrogens is 714 g/mol. The standard InChI is InChI=1S/5C2H2O4.Nb.Ta/c5*3-1(4)2(5)6;;/h5*(H,3,4)(H,5,6);;. The first-order valence-electron chi connectivity index (χ1n) is 5.53. The number of hydrogen-bond acceptors (Lipinski definition) is 10. The van der Waals surface area contributed by atoms with E-state index in [2.05, 4.69) is 0 Å². The molecule has 0 aromatic rings. The van der Waals surface area contributed by atoms with Crippen molar-refractivity contribution in [1.29, 1.82) is 0 Å². The fourth-order valence-electron chi connectivity index (χ4n) is 0. The molecule has 0 atom stereocenters. The van der Waals surface area contributed by atoms with Crippen molar-refractivity contribution in [2.24, 2.45) is 0 Å². The van der Waals surface area contributed by atoms with Crippen LogP contribution in [-0.4, -0.2) is 111 Å². The molecule has 180 valence electrons. The Kier molecular flexibility index (Phi) is 39.4. The molecule has 0 unspecified atom stereocenters. The Morgan fingerprint density at radius 3 is 0.281 bits per heavy atom. The topological polar surface area (TPSA) is 373 Å². The number of rotatable bonds is 0. The second kappa shape index (κ2) is 27.2. The van der Waals surface area contributed by atoms with Gasteiger partial charge in [0.2, 0.25) is 0 Å². The molecule has 0 aromatic carbocycles. The van der Waals surface area contributed by atoms with Crippen molar-refractivity contribution in [3.63, 3.8) is 0 Å². The van der Waals surface area contributed by atoms with Gasteiger partial charge in [-0.3, -0.25) is 0 Å². The molecule has 0 heterocycles. The van der Waals surface area contributed by atoms with Gasteiger partial charge < -0.3 is 51.1 Å². The van der Waals surface area contributed by atoms with Crippen molar-refractivity contribution in [2.75, 3.05) is 0 Å². The first-order valence-corrected chi connectivity index (χ1v) is 5.53. The van der Waals surface area contributed by atoms with E-state index in [1.54, 1.807) is 0 Å². The molecule has 2 radical (unpaired) electrons. The monoisotopic (exact) mass is 724 g/mol. The average Bonchev–Trinajstić information content (AvgIpc) is 2.56. The smallest absolute Gasteiger partial charge is 0.414 e. The summed E-state index contributed by atoms with van der Waals surface area (Å²) in [7, 11) is 0. The van der Waals surface area contributed by atoms with Gasteiger partial charge in [0.25, 0.3) is 0 Å². The molecular formula is C10H10NbO20Ta. The molecule has 0 rings (SSSR count). The predicted molar refractivity (Wildman–Crippen MR) is 76.4 cm³/mol. The average molecular weight is 724 g/mol. The van der Waals surface area contributed by atoms with Crippen LogP contribution < -0.4 is 0 Å². The van der Waals surface area contributed by atoms with Gasteiger partial charge in [-0.25, -0.2) is 47.9 Å². The zero-order valence-electron chi connectivity index (χ0n) is 14.4. The molecule has 0 bridgehead atoms. The molecule has 0 saturated heterocycles. The van der Waals surface area contributed by atoms with Gasteiger partial charge in [0.05, 0.1) is 0 Å². The first-order chi connectivity index (χ1) is 13.2. The summed E-state index contributed by atoms with van der Waals surface area (Å²) in [4.78, 5) is 91.0. The SMILES string of the molecule is O=C(O)C(=O)O.O=C(O)C(=O)O.O=C(O)C(=O)O.O=C(O)C(=O)O.O=C(O)C(=O)O.[Nb].[Ta]. The Bertz CT molecular complexity index is 510. The van der Waals surface area contributed by atoms with E-state index < -0.39 is 59.7 Å². The van der Waals surface area contributed by atoms with Crippen molar-refractivity contribution in [1.82, 2.24) is 0 Å². The third-order valence-electron chi connectivity index (χ3n) is 0.915. The van der Waals surface area contributed by atoms with Crippen LogP contribution in [0, 0.1) is 0 Å². The zero-order valence-corrected chi connectivity index (χ0v) is 19.9. The van der Waals surface area contributed by atoms with E-state index in [9.17, 15) is 0 Å². The van der Waals surface area contributed by atoms with Crippen LogP contribution >= 0.6 is 0 Å². The second-order valence-corrected chi connectivity index (χ2v) is 3.05. The summed E-state index contributed by atoms with van der Waals surface area (Å²) in [6.07, 6.45) is 0. The van der Waals surface area contributed by atoms with Crippen molar-refractivity contribution in [2.45, 2.75) is 0 Å². The molecule has 0 aliphatic rings. The van der Waals surface area contributed by atoms with Crippen LogP contribution in [0.3, 0.4) is 0 Å². The molecule has 0 fully saturated rings. The summed E-state index contributed by atoms with van der Waals surface area (Å²) in [5.74, 6) is -18.2. The van der Waals surface area contributed by atoms with Crippen LogP contribution in [0.2, 0.25) is 0 Å². The van der Waals surface area contributed by atoms with E-state index in [0.717, 1.165) is 0 Å². The van der Waals surface area contributed by atoms with E-state index in [1.807, 2.05) is 0 Å². The second-order valence-electron chi connectivity index (χ2n) is 3.05. The number of hydrogen-bond donors (Lipinski definition) is 10. The van der Waals surface area contributed by atoms with Crippen molar-refractivity contribution < 1.29 is 144 Å². The fourth-order valence-corrected chi connectivity index (χ4v) is 0. The van der Waals surface area contributed by atoms with Crippen LogP contribution in [0.25, 0.3) is 0 Å². The quantitative estimate of drug-likeness (QED) is 0.0835. The summed E-state index contributed by atoms with van der Waals surface area (Å²) in [5, 5.41) is 73.9. The molecule has 32 heavy (non-hydrogen) atoms. The van der Waals surface area contributed by atoms with Gasteiger partial charge in [-0.1, -0.05) is 0 Å². The minimum absolute atomic E-state index is 0. The molecule has 0 spiro atoms. The normalized spacial score (nSPS) is 6.88. The van der Waals surface area contributed by atoms with Gasteiger partial charge in [-0.2, -0.15) is 0 Å². The summed E-state index contributed by atoms with van der Waals surface area (Å²) in [6, 6.07) is 0. The number of aliphatic carboxylic acids is 10. The molecule has 0 saturated carbocycles. The summed E-state index contributed by atoms with van der Waals surface area (Å²) in [6.45, 7) is 0. The molecule has 0 amide bonds. The zero-order chi connectivity index (χ0) is 25.8. The molecule has 0 aliphatic carbocycles. The molecule has 10 N–H and O–H groups in total. The largest absolute Gasteiger partial charge is 0.473 e. The van der Waals surface area contributed by atoms with Crippen LogP contribution in [0.1, 0.15) is 0 Å². The van der Waals surface area contributed by atoms with Gasteiger partial charge in [0, 0.05) is 44.8 Å².